The number of rotatable bonds is 2. The van der Waals surface area contributed by atoms with E-state index in [9.17, 15) is 4.79 Å². The highest BCUT2D eigenvalue weighted by molar-refractivity contribution is 5.99. The third kappa shape index (κ3) is 2.84. The van der Waals surface area contributed by atoms with Gasteiger partial charge >= 0.3 is 0 Å². The fourth-order valence-corrected chi connectivity index (χ4v) is 4.55. The minimum absolute atomic E-state index is 0.158. The highest BCUT2D eigenvalue weighted by Crippen LogP contribution is 2.43. The topological polar surface area (TPSA) is 78.3 Å². The lowest BCUT2D eigenvalue weighted by Crippen LogP contribution is -2.31. The molecule has 0 spiro atoms. The van der Waals surface area contributed by atoms with Gasteiger partial charge in [-0.2, -0.15) is 4.98 Å². The summed E-state index contributed by atoms with van der Waals surface area (Å²) in [6, 6.07) is 11.7. The second kappa shape index (κ2) is 6.70. The Kier molecular flexibility index (Phi) is 3.93. The maximum absolute atomic E-state index is 13.0. The van der Waals surface area contributed by atoms with Gasteiger partial charge in [0.05, 0.1) is 0 Å². The number of carbonyl (C=O) groups excluding carboxylic acids is 1. The fourth-order valence-electron chi connectivity index (χ4n) is 4.55. The van der Waals surface area contributed by atoms with Gasteiger partial charge in [0.15, 0.2) is 23.1 Å². The Morgan fingerprint density at radius 1 is 1.03 bits per heavy atom. The van der Waals surface area contributed by atoms with E-state index in [0.29, 0.717) is 23.9 Å². The number of allylic oxidation sites excluding steroid dienone is 2. The molecule has 2 aliphatic heterocycles. The summed E-state index contributed by atoms with van der Waals surface area (Å²) in [4.78, 5) is 17.8. The predicted molar refractivity (Wildman–Crippen MR) is 115 cm³/mol. The summed E-state index contributed by atoms with van der Waals surface area (Å²) in [6.45, 7) is 4.39. The average Bonchev–Trinajstić information content (AvgIpc) is 3.40. The van der Waals surface area contributed by atoms with E-state index < -0.39 is 0 Å². The number of fused-ring (bicyclic) bond motifs is 2. The lowest BCUT2D eigenvalue weighted by Gasteiger charge is -2.32. The zero-order chi connectivity index (χ0) is 21.1. The van der Waals surface area contributed by atoms with Crippen molar-refractivity contribution in [2.24, 2.45) is 0 Å². The highest BCUT2D eigenvalue weighted by Gasteiger charge is 2.37. The fraction of sp³-hybridized carbons (Fsp3) is 0.292. The number of Topliss-reactive ketones (excluding diaryl/α,β-unsaturated/α-hetero) is 1. The number of carbonyl (C=O) groups is 1. The lowest BCUT2D eigenvalue weighted by molar-refractivity contribution is -0.116. The van der Waals surface area contributed by atoms with Crippen molar-refractivity contribution in [1.82, 2.24) is 14.8 Å². The average molecular weight is 414 g/mol. The standard InChI is InChI=1S/C24H22N4O3/c1-13-6-7-16(10-14(13)2)23-26-24-25-17-4-3-5-18(29)21(17)22(28(24)27-23)15-8-9-19-20(11-15)31-12-30-19/h6-11,22H,3-5,12H2,1-2H3,(H,25,26,27). The Hall–Kier alpha value is -3.61. The SMILES string of the molecule is Cc1ccc(-c2nc3n(n2)C(c2ccc4c(c2)OCO4)C2=C(CCCC2=O)N3)cc1C. The highest BCUT2D eigenvalue weighted by atomic mass is 16.7. The van der Waals surface area contributed by atoms with E-state index in [0.717, 1.165) is 41.0 Å². The molecule has 31 heavy (non-hydrogen) atoms. The second-order valence-electron chi connectivity index (χ2n) is 8.31. The monoisotopic (exact) mass is 414 g/mol. The summed E-state index contributed by atoms with van der Waals surface area (Å²) < 4.78 is 12.9. The number of aromatic nitrogens is 3. The molecule has 1 atom stereocenters. The number of hydrogen-bond donors (Lipinski definition) is 1. The molecule has 2 aromatic carbocycles. The van der Waals surface area contributed by atoms with Crippen LogP contribution in [0, 0.1) is 13.8 Å². The number of nitrogens with zero attached hydrogens (tertiary/aromatic N) is 3. The van der Waals surface area contributed by atoms with Gasteiger partial charge in [-0.3, -0.25) is 4.79 Å². The molecule has 0 saturated heterocycles. The Morgan fingerprint density at radius 3 is 2.77 bits per heavy atom. The minimum Gasteiger partial charge on any atom is -0.454 e. The van der Waals surface area contributed by atoms with E-state index in [1.807, 2.05) is 28.9 Å². The van der Waals surface area contributed by atoms with Crippen LogP contribution >= 0.6 is 0 Å². The summed E-state index contributed by atoms with van der Waals surface area (Å²) >= 11 is 0. The molecule has 0 radical (unpaired) electrons. The van der Waals surface area contributed by atoms with Crippen molar-refractivity contribution in [2.45, 2.75) is 39.2 Å². The lowest BCUT2D eigenvalue weighted by atomic mass is 9.85. The number of nitrogens with one attached hydrogen (secondary N) is 1. The molecule has 0 amide bonds. The molecule has 156 valence electrons. The van der Waals surface area contributed by atoms with Crippen molar-refractivity contribution in [1.29, 1.82) is 0 Å². The van der Waals surface area contributed by atoms with Crippen molar-refractivity contribution in [3.05, 3.63) is 64.4 Å². The van der Waals surface area contributed by atoms with Gasteiger partial charge in [0, 0.05) is 23.3 Å². The zero-order valence-corrected chi connectivity index (χ0v) is 17.4. The Morgan fingerprint density at radius 2 is 1.90 bits per heavy atom. The molecule has 1 aliphatic carbocycles. The van der Waals surface area contributed by atoms with Gasteiger partial charge in [0.25, 0.3) is 0 Å². The number of ketones is 1. The van der Waals surface area contributed by atoms with E-state index >= 15 is 0 Å². The van der Waals surface area contributed by atoms with Gasteiger partial charge in [0.1, 0.15) is 6.04 Å². The van der Waals surface area contributed by atoms with Crippen LogP contribution in [0.1, 0.15) is 42.0 Å². The van der Waals surface area contributed by atoms with Crippen molar-refractivity contribution >= 4 is 11.7 Å². The van der Waals surface area contributed by atoms with Gasteiger partial charge in [0.2, 0.25) is 12.7 Å². The molecular formula is C24H22N4O3. The van der Waals surface area contributed by atoms with Crippen LogP contribution in [0.4, 0.5) is 5.95 Å². The van der Waals surface area contributed by atoms with Crippen molar-refractivity contribution in [3.63, 3.8) is 0 Å². The van der Waals surface area contributed by atoms with E-state index in [1.165, 1.54) is 11.1 Å². The number of ether oxygens (including phenoxy) is 2. The molecule has 3 heterocycles. The molecule has 3 aliphatic rings. The molecule has 1 N–H and O–H groups in total. The molecule has 0 fully saturated rings. The van der Waals surface area contributed by atoms with Crippen LogP contribution in [-0.4, -0.2) is 27.3 Å². The van der Waals surface area contributed by atoms with Gasteiger partial charge in [-0.1, -0.05) is 18.2 Å². The van der Waals surface area contributed by atoms with Crippen LogP contribution in [0.15, 0.2) is 47.7 Å². The Labute approximate surface area is 179 Å². The van der Waals surface area contributed by atoms with Crippen molar-refractivity contribution in [3.8, 4) is 22.9 Å². The molecule has 7 nitrogen and oxygen atoms in total. The predicted octanol–water partition coefficient (Wildman–Crippen LogP) is 4.31. The molecular weight excluding hydrogens is 392 g/mol. The van der Waals surface area contributed by atoms with E-state index in [4.69, 9.17) is 19.6 Å². The summed E-state index contributed by atoms with van der Waals surface area (Å²) in [5.74, 6) is 2.87. The number of aryl methyl sites for hydroxylation is 2. The summed E-state index contributed by atoms with van der Waals surface area (Å²) in [7, 11) is 0. The van der Waals surface area contributed by atoms with Gasteiger partial charge in [-0.15, -0.1) is 5.10 Å². The third-order valence-corrected chi connectivity index (χ3v) is 6.35. The van der Waals surface area contributed by atoms with Crippen LogP contribution in [0.2, 0.25) is 0 Å². The Balaban J connectivity index is 1.51. The molecule has 7 heteroatoms. The van der Waals surface area contributed by atoms with Gasteiger partial charge < -0.3 is 14.8 Å². The minimum atomic E-state index is -0.346. The largest absolute Gasteiger partial charge is 0.454 e. The summed E-state index contributed by atoms with van der Waals surface area (Å²) in [5, 5.41) is 8.24. The van der Waals surface area contributed by atoms with Crippen LogP contribution in [-0.2, 0) is 4.79 Å². The molecule has 1 aromatic heterocycles. The normalized spacial score (nSPS) is 19.2. The smallest absolute Gasteiger partial charge is 0.231 e. The first-order valence-electron chi connectivity index (χ1n) is 10.6. The van der Waals surface area contributed by atoms with Gasteiger partial charge in [-0.05, 0) is 61.6 Å². The first-order valence-corrected chi connectivity index (χ1v) is 10.6. The third-order valence-electron chi connectivity index (χ3n) is 6.35. The van der Waals surface area contributed by atoms with Gasteiger partial charge in [-0.25, -0.2) is 4.68 Å². The maximum Gasteiger partial charge on any atom is 0.231 e. The zero-order valence-electron chi connectivity index (χ0n) is 17.4. The number of anilines is 1. The second-order valence-corrected chi connectivity index (χ2v) is 8.31. The summed E-state index contributed by atoms with van der Waals surface area (Å²) in [6.07, 6.45) is 2.22. The van der Waals surface area contributed by atoms with Crippen molar-refractivity contribution in [2.75, 3.05) is 12.1 Å². The molecule has 0 saturated carbocycles. The first-order chi connectivity index (χ1) is 15.1. The maximum atomic E-state index is 13.0. The number of hydrogen-bond acceptors (Lipinski definition) is 6. The van der Waals surface area contributed by atoms with Crippen molar-refractivity contribution < 1.29 is 14.3 Å². The quantitative estimate of drug-likeness (QED) is 0.673. The van der Waals surface area contributed by atoms with E-state index in [-0.39, 0.29) is 18.6 Å². The van der Waals surface area contributed by atoms with Crippen LogP contribution < -0.4 is 14.8 Å². The van der Waals surface area contributed by atoms with E-state index in [2.05, 4.69) is 31.3 Å². The first kappa shape index (κ1) is 18.2. The van der Waals surface area contributed by atoms with Crippen LogP contribution in [0.5, 0.6) is 11.5 Å². The molecule has 1 unspecified atom stereocenters. The van der Waals surface area contributed by atoms with Crippen LogP contribution in [0.3, 0.4) is 0 Å². The molecule has 3 aromatic rings. The summed E-state index contributed by atoms with van der Waals surface area (Å²) in [5.41, 5.74) is 6.04. The molecule has 0 bridgehead atoms. The van der Waals surface area contributed by atoms with Crippen LogP contribution in [0.25, 0.3) is 11.4 Å². The number of benzene rings is 2. The molecule has 6 rings (SSSR count). The van der Waals surface area contributed by atoms with E-state index in [1.54, 1.807) is 0 Å². The Bertz CT molecular complexity index is 1270.